The van der Waals surface area contributed by atoms with Crippen molar-refractivity contribution in [3.63, 3.8) is 0 Å². The first kappa shape index (κ1) is 16.2. The largest absolute Gasteiger partial charge is 0.387 e. The monoisotopic (exact) mass is 362 g/mol. The highest BCUT2D eigenvalue weighted by molar-refractivity contribution is 6.42. The van der Waals surface area contributed by atoms with E-state index in [1.54, 1.807) is 25.2 Å². The maximum Gasteiger partial charge on any atom is 0.257 e. The summed E-state index contributed by atoms with van der Waals surface area (Å²) in [5.41, 5.74) is 1.32. The Balaban J connectivity index is 2.37. The Labute approximate surface area is 142 Å². The van der Waals surface area contributed by atoms with Crippen LogP contribution < -0.4 is 10.6 Å². The van der Waals surface area contributed by atoms with Gasteiger partial charge in [-0.05, 0) is 30.3 Å². The molecule has 0 atom stereocenters. The van der Waals surface area contributed by atoms with E-state index in [1.807, 2.05) is 0 Å². The fourth-order valence-corrected chi connectivity index (χ4v) is 2.85. The van der Waals surface area contributed by atoms with Crippen molar-refractivity contribution in [2.75, 3.05) is 17.7 Å². The molecule has 2 aromatic carbocycles. The molecule has 1 amide bonds. The highest BCUT2D eigenvalue weighted by Crippen LogP contribution is 2.34. The van der Waals surface area contributed by atoms with E-state index in [0.717, 1.165) is 0 Å². The lowest BCUT2D eigenvalue weighted by molar-refractivity contribution is 0.102. The number of hydrogen-bond acceptors (Lipinski definition) is 2. The third kappa shape index (κ3) is 3.74. The van der Waals surface area contributed by atoms with E-state index < -0.39 is 0 Å². The van der Waals surface area contributed by atoms with Crippen molar-refractivity contribution in [2.24, 2.45) is 0 Å². The molecule has 0 saturated heterocycles. The minimum atomic E-state index is -0.382. The first-order valence-electron chi connectivity index (χ1n) is 5.85. The Hall–Kier alpha value is -1.13. The zero-order valence-corrected chi connectivity index (χ0v) is 13.8. The van der Waals surface area contributed by atoms with E-state index in [0.29, 0.717) is 27.0 Å². The first-order valence-corrected chi connectivity index (χ1v) is 7.36. The van der Waals surface area contributed by atoms with Crippen LogP contribution in [0.5, 0.6) is 0 Å². The third-order valence-corrected chi connectivity index (χ3v) is 3.79. The van der Waals surface area contributed by atoms with Crippen molar-refractivity contribution in [2.45, 2.75) is 0 Å². The van der Waals surface area contributed by atoms with Gasteiger partial charge in [0.05, 0.1) is 21.3 Å². The summed E-state index contributed by atoms with van der Waals surface area (Å²) in [6.45, 7) is 0. The van der Waals surface area contributed by atoms with Crippen LogP contribution in [0.4, 0.5) is 11.4 Å². The summed E-state index contributed by atoms with van der Waals surface area (Å²) in [6, 6.07) is 7.96. The second-order valence-electron chi connectivity index (χ2n) is 4.14. The Bertz CT molecular complexity index is 680. The van der Waals surface area contributed by atoms with Gasteiger partial charge in [-0.25, -0.2) is 0 Å². The minimum Gasteiger partial charge on any atom is -0.387 e. The summed E-state index contributed by atoms with van der Waals surface area (Å²) in [5.74, 6) is -0.382. The molecule has 110 valence electrons. The van der Waals surface area contributed by atoms with Crippen LogP contribution in [0.25, 0.3) is 0 Å². The molecule has 0 radical (unpaired) electrons. The molecule has 0 aromatic heterocycles. The van der Waals surface area contributed by atoms with E-state index in [2.05, 4.69) is 10.6 Å². The average molecular weight is 364 g/mol. The molecule has 21 heavy (non-hydrogen) atoms. The van der Waals surface area contributed by atoms with Crippen molar-refractivity contribution in [1.29, 1.82) is 0 Å². The molecule has 0 unspecified atom stereocenters. The topological polar surface area (TPSA) is 41.1 Å². The SMILES string of the molecule is CNc1ccc(Cl)cc1C(=O)Nc1c(Cl)cc(Cl)cc1Cl. The number of halogens is 4. The average Bonchev–Trinajstić information content (AvgIpc) is 2.42. The molecular formula is C14H10Cl4N2O. The summed E-state index contributed by atoms with van der Waals surface area (Å²) >= 11 is 23.9. The Morgan fingerprint density at radius 2 is 1.57 bits per heavy atom. The van der Waals surface area contributed by atoms with Crippen molar-refractivity contribution in [1.82, 2.24) is 0 Å². The van der Waals surface area contributed by atoms with Crippen molar-refractivity contribution in [3.05, 3.63) is 56.0 Å². The summed E-state index contributed by atoms with van der Waals surface area (Å²) in [7, 11) is 1.71. The van der Waals surface area contributed by atoms with Crippen LogP contribution in [-0.4, -0.2) is 13.0 Å². The summed E-state index contributed by atoms with van der Waals surface area (Å²) in [4.78, 5) is 12.4. The lowest BCUT2D eigenvalue weighted by Crippen LogP contribution is -2.14. The second kappa shape index (κ2) is 6.75. The van der Waals surface area contributed by atoms with E-state index >= 15 is 0 Å². The van der Waals surface area contributed by atoms with E-state index in [9.17, 15) is 4.79 Å². The zero-order chi connectivity index (χ0) is 15.6. The fourth-order valence-electron chi connectivity index (χ4n) is 1.76. The summed E-state index contributed by atoms with van der Waals surface area (Å²) in [5, 5.41) is 6.94. The predicted octanol–water partition coefficient (Wildman–Crippen LogP) is 5.59. The van der Waals surface area contributed by atoms with Gasteiger partial charge < -0.3 is 10.6 Å². The van der Waals surface area contributed by atoms with Crippen molar-refractivity contribution in [3.8, 4) is 0 Å². The number of carbonyl (C=O) groups excluding carboxylic acids is 1. The maximum absolute atomic E-state index is 12.4. The van der Waals surface area contributed by atoms with Crippen LogP contribution in [0.1, 0.15) is 10.4 Å². The third-order valence-electron chi connectivity index (χ3n) is 2.74. The van der Waals surface area contributed by atoms with Gasteiger partial charge in [-0.1, -0.05) is 46.4 Å². The van der Waals surface area contributed by atoms with E-state index in [-0.39, 0.29) is 16.0 Å². The number of carbonyl (C=O) groups is 1. The predicted molar refractivity (Wildman–Crippen MR) is 90.4 cm³/mol. The number of hydrogen-bond donors (Lipinski definition) is 2. The lowest BCUT2D eigenvalue weighted by atomic mass is 10.1. The molecule has 0 heterocycles. The molecule has 0 aliphatic carbocycles. The Morgan fingerprint density at radius 1 is 0.952 bits per heavy atom. The van der Waals surface area contributed by atoms with Gasteiger partial charge in [-0.3, -0.25) is 4.79 Å². The van der Waals surface area contributed by atoms with Gasteiger partial charge in [-0.15, -0.1) is 0 Å². The van der Waals surface area contributed by atoms with Crippen molar-refractivity contribution >= 4 is 63.7 Å². The Kier molecular flexibility index (Phi) is 5.22. The van der Waals surface area contributed by atoms with Crippen LogP contribution in [0.3, 0.4) is 0 Å². The van der Waals surface area contributed by atoms with Gasteiger partial charge in [0.2, 0.25) is 0 Å². The smallest absolute Gasteiger partial charge is 0.257 e. The van der Waals surface area contributed by atoms with Gasteiger partial charge in [0, 0.05) is 22.8 Å². The molecule has 0 saturated carbocycles. The molecule has 7 heteroatoms. The van der Waals surface area contributed by atoms with Gasteiger partial charge >= 0.3 is 0 Å². The molecule has 0 aliphatic heterocycles. The van der Waals surface area contributed by atoms with E-state index in [1.165, 1.54) is 12.1 Å². The van der Waals surface area contributed by atoms with Crippen LogP contribution in [0.15, 0.2) is 30.3 Å². The van der Waals surface area contributed by atoms with Gasteiger partial charge in [0.15, 0.2) is 0 Å². The highest BCUT2D eigenvalue weighted by Gasteiger charge is 2.15. The first-order chi connectivity index (χ1) is 9.92. The molecule has 0 bridgehead atoms. The number of nitrogens with one attached hydrogen (secondary N) is 2. The second-order valence-corrected chi connectivity index (χ2v) is 5.83. The molecule has 0 spiro atoms. The Morgan fingerprint density at radius 3 is 2.14 bits per heavy atom. The molecule has 0 aliphatic rings. The molecule has 2 aromatic rings. The van der Waals surface area contributed by atoms with Crippen LogP contribution in [-0.2, 0) is 0 Å². The number of amides is 1. The molecule has 0 fully saturated rings. The van der Waals surface area contributed by atoms with Gasteiger partial charge in [0.25, 0.3) is 5.91 Å². The highest BCUT2D eigenvalue weighted by atomic mass is 35.5. The quantitative estimate of drug-likeness (QED) is 0.745. The number of benzene rings is 2. The van der Waals surface area contributed by atoms with E-state index in [4.69, 9.17) is 46.4 Å². The maximum atomic E-state index is 12.4. The van der Waals surface area contributed by atoms with Crippen molar-refractivity contribution < 1.29 is 4.79 Å². The van der Waals surface area contributed by atoms with Gasteiger partial charge in [0.1, 0.15) is 0 Å². The summed E-state index contributed by atoms with van der Waals surface area (Å²) < 4.78 is 0. The lowest BCUT2D eigenvalue weighted by Gasteiger charge is -2.12. The van der Waals surface area contributed by atoms with Gasteiger partial charge in [-0.2, -0.15) is 0 Å². The standard InChI is InChI=1S/C14H10Cl4N2O/c1-19-12-3-2-7(15)4-9(12)14(21)20-13-10(17)5-8(16)6-11(13)18/h2-6,19H,1H3,(H,20,21). The number of anilines is 2. The molecular weight excluding hydrogens is 354 g/mol. The van der Waals surface area contributed by atoms with Crippen LogP contribution in [0, 0.1) is 0 Å². The molecule has 2 rings (SSSR count). The fraction of sp³-hybridized carbons (Fsp3) is 0.0714. The number of rotatable bonds is 3. The normalized spacial score (nSPS) is 10.3. The van der Waals surface area contributed by atoms with Crippen LogP contribution in [0.2, 0.25) is 20.1 Å². The minimum absolute atomic E-state index is 0.258. The van der Waals surface area contributed by atoms with Crippen LogP contribution >= 0.6 is 46.4 Å². The summed E-state index contributed by atoms with van der Waals surface area (Å²) in [6.07, 6.45) is 0. The molecule has 3 nitrogen and oxygen atoms in total. The zero-order valence-electron chi connectivity index (χ0n) is 10.8. The molecule has 2 N–H and O–H groups in total.